The second-order valence-electron chi connectivity index (χ2n) is 4.39. The van der Waals surface area contributed by atoms with Crippen LogP contribution in [0.25, 0.3) is 0 Å². The van der Waals surface area contributed by atoms with E-state index in [0.29, 0.717) is 6.42 Å². The molecule has 0 saturated heterocycles. The molecule has 0 amide bonds. The smallest absolute Gasteiger partial charge is 0.392 e. The Labute approximate surface area is 100 Å². The van der Waals surface area contributed by atoms with Crippen LogP contribution in [0.3, 0.4) is 0 Å². The number of carbonyl (C=O) groups is 1. The number of carboxylic acids is 1. The minimum atomic E-state index is -4.39. The average Bonchev–Trinajstić information content (AvgIpc) is 2.19. The van der Waals surface area contributed by atoms with Gasteiger partial charge in [0.05, 0.1) is 12.3 Å². The van der Waals surface area contributed by atoms with E-state index in [1.165, 1.54) is 0 Å². The van der Waals surface area contributed by atoms with E-state index >= 15 is 0 Å². The van der Waals surface area contributed by atoms with E-state index in [9.17, 15) is 18.0 Å². The molecule has 1 unspecified atom stereocenters. The zero-order valence-corrected chi connectivity index (χ0v) is 10.2. The maximum Gasteiger partial charge on any atom is 0.392 e. The van der Waals surface area contributed by atoms with E-state index in [1.54, 1.807) is 0 Å². The summed E-state index contributed by atoms with van der Waals surface area (Å²) in [5.74, 6) is -3.07. The lowest BCUT2D eigenvalue weighted by Crippen LogP contribution is -2.25. The van der Waals surface area contributed by atoms with Gasteiger partial charge in [-0.15, -0.1) is 0 Å². The van der Waals surface area contributed by atoms with Gasteiger partial charge in [-0.2, -0.15) is 13.2 Å². The van der Waals surface area contributed by atoms with Gasteiger partial charge in [0, 0.05) is 0 Å². The molecule has 0 aromatic rings. The van der Waals surface area contributed by atoms with Gasteiger partial charge in [-0.3, -0.25) is 4.79 Å². The molecule has 2 nitrogen and oxygen atoms in total. The average molecular weight is 254 g/mol. The van der Waals surface area contributed by atoms with Crippen molar-refractivity contribution in [3.05, 3.63) is 0 Å². The first-order valence-corrected chi connectivity index (χ1v) is 6.16. The third kappa shape index (κ3) is 9.01. The summed E-state index contributed by atoms with van der Waals surface area (Å²) in [7, 11) is 0. The highest BCUT2D eigenvalue weighted by Gasteiger charge is 2.40. The van der Waals surface area contributed by atoms with Crippen LogP contribution in [0.1, 0.15) is 58.3 Å². The van der Waals surface area contributed by atoms with E-state index in [1.807, 2.05) is 0 Å². The fourth-order valence-electron chi connectivity index (χ4n) is 1.76. The van der Waals surface area contributed by atoms with E-state index in [4.69, 9.17) is 5.11 Å². The first kappa shape index (κ1) is 16.3. The van der Waals surface area contributed by atoms with E-state index < -0.39 is 24.5 Å². The highest BCUT2D eigenvalue weighted by atomic mass is 19.4. The Morgan fingerprint density at radius 2 is 1.65 bits per heavy atom. The fraction of sp³-hybridized carbons (Fsp3) is 0.917. The molecule has 17 heavy (non-hydrogen) atoms. The Kier molecular flexibility index (Phi) is 8.00. The third-order valence-corrected chi connectivity index (χ3v) is 2.79. The van der Waals surface area contributed by atoms with Crippen LogP contribution in [0, 0.1) is 5.92 Å². The van der Waals surface area contributed by atoms with Crippen molar-refractivity contribution in [1.29, 1.82) is 0 Å². The summed E-state index contributed by atoms with van der Waals surface area (Å²) >= 11 is 0. The Morgan fingerprint density at radius 1 is 1.12 bits per heavy atom. The van der Waals surface area contributed by atoms with E-state index in [2.05, 4.69) is 6.92 Å². The molecule has 1 atom stereocenters. The zero-order chi connectivity index (χ0) is 13.3. The lowest BCUT2D eigenvalue weighted by Gasteiger charge is -2.18. The van der Waals surface area contributed by atoms with Crippen LogP contribution in [-0.4, -0.2) is 17.3 Å². The van der Waals surface area contributed by atoms with Crippen molar-refractivity contribution in [2.75, 3.05) is 0 Å². The Morgan fingerprint density at radius 3 is 2.12 bits per heavy atom. The van der Waals surface area contributed by atoms with Crippen LogP contribution in [0.15, 0.2) is 0 Å². The molecule has 0 saturated carbocycles. The lowest BCUT2D eigenvalue weighted by atomic mass is 9.96. The third-order valence-electron chi connectivity index (χ3n) is 2.79. The largest absolute Gasteiger partial charge is 0.481 e. The number of hydrogen-bond acceptors (Lipinski definition) is 1. The highest BCUT2D eigenvalue weighted by molar-refractivity contribution is 5.67. The monoisotopic (exact) mass is 254 g/mol. The standard InChI is InChI=1S/C12H21F3O2/c1-2-3-4-5-6-7-8-10(9-11(16)17)12(13,14)15/h10H,2-9H2,1H3,(H,16,17). The molecule has 1 N–H and O–H groups in total. The van der Waals surface area contributed by atoms with Crippen molar-refractivity contribution >= 4 is 5.97 Å². The number of aliphatic carboxylic acids is 1. The van der Waals surface area contributed by atoms with Gasteiger partial charge in [0.1, 0.15) is 0 Å². The first-order valence-electron chi connectivity index (χ1n) is 6.16. The summed E-state index contributed by atoms with van der Waals surface area (Å²) in [5, 5.41) is 8.42. The van der Waals surface area contributed by atoms with Gasteiger partial charge in [-0.05, 0) is 6.42 Å². The number of halogens is 3. The molecule has 0 aliphatic carbocycles. The summed E-state index contributed by atoms with van der Waals surface area (Å²) < 4.78 is 37.3. The van der Waals surface area contributed by atoms with Crippen LogP contribution in [0.2, 0.25) is 0 Å². The van der Waals surface area contributed by atoms with Crippen LogP contribution < -0.4 is 0 Å². The van der Waals surface area contributed by atoms with Crippen molar-refractivity contribution in [2.24, 2.45) is 5.92 Å². The Balaban J connectivity index is 3.81. The van der Waals surface area contributed by atoms with Crippen LogP contribution >= 0.6 is 0 Å². The number of alkyl halides is 3. The lowest BCUT2D eigenvalue weighted by molar-refractivity contribution is -0.184. The van der Waals surface area contributed by atoms with Crippen molar-refractivity contribution in [2.45, 2.75) is 64.5 Å². The van der Waals surface area contributed by atoms with Crippen LogP contribution in [0.5, 0.6) is 0 Å². The molecule has 0 aliphatic rings. The highest BCUT2D eigenvalue weighted by Crippen LogP contribution is 2.33. The van der Waals surface area contributed by atoms with Crippen LogP contribution in [-0.2, 0) is 4.79 Å². The summed E-state index contributed by atoms with van der Waals surface area (Å²) in [6.45, 7) is 2.08. The van der Waals surface area contributed by atoms with E-state index in [0.717, 1.165) is 32.1 Å². The van der Waals surface area contributed by atoms with Gasteiger partial charge < -0.3 is 5.11 Å². The van der Waals surface area contributed by atoms with Gasteiger partial charge in [0.15, 0.2) is 0 Å². The molecule has 0 spiro atoms. The van der Waals surface area contributed by atoms with Crippen LogP contribution in [0.4, 0.5) is 13.2 Å². The predicted octanol–water partition coefficient (Wildman–Crippen LogP) is 4.39. The molecule has 0 aromatic heterocycles. The number of rotatable bonds is 9. The summed E-state index contributed by atoms with van der Waals surface area (Å²) in [6.07, 6.45) is 0.148. The van der Waals surface area contributed by atoms with Gasteiger partial charge in [0.25, 0.3) is 0 Å². The molecule has 0 aliphatic heterocycles. The predicted molar refractivity (Wildman–Crippen MR) is 59.8 cm³/mol. The normalized spacial score (nSPS) is 13.6. The van der Waals surface area contributed by atoms with Gasteiger partial charge in [-0.25, -0.2) is 0 Å². The van der Waals surface area contributed by atoms with Gasteiger partial charge >= 0.3 is 12.1 Å². The molecular weight excluding hydrogens is 233 g/mol. The topological polar surface area (TPSA) is 37.3 Å². The quantitative estimate of drug-likeness (QED) is 0.619. The maximum atomic E-state index is 12.4. The van der Waals surface area contributed by atoms with Crippen molar-refractivity contribution in [1.82, 2.24) is 0 Å². The number of carboxylic acid groups (broad SMARTS) is 1. The van der Waals surface area contributed by atoms with E-state index in [-0.39, 0.29) is 6.42 Å². The molecule has 0 rings (SSSR count). The summed E-state index contributed by atoms with van der Waals surface area (Å²) in [5.41, 5.74) is 0. The second kappa shape index (κ2) is 8.37. The maximum absolute atomic E-state index is 12.4. The molecule has 0 radical (unpaired) electrons. The first-order chi connectivity index (χ1) is 7.88. The van der Waals surface area contributed by atoms with Gasteiger partial charge in [-0.1, -0.05) is 45.4 Å². The van der Waals surface area contributed by atoms with Gasteiger partial charge in [0.2, 0.25) is 0 Å². The summed E-state index contributed by atoms with van der Waals surface area (Å²) in [4.78, 5) is 10.3. The number of unbranched alkanes of at least 4 members (excludes halogenated alkanes) is 5. The Hall–Kier alpha value is -0.740. The summed E-state index contributed by atoms with van der Waals surface area (Å²) in [6, 6.07) is 0. The second-order valence-corrected chi connectivity index (χ2v) is 4.39. The Bertz CT molecular complexity index is 214. The minimum Gasteiger partial charge on any atom is -0.481 e. The molecule has 0 bridgehead atoms. The van der Waals surface area contributed by atoms with Crippen molar-refractivity contribution < 1.29 is 23.1 Å². The minimum absolute atomic E-state index is 0.0675. The van der Waals surface area contributed by atoms with Crippen molar-refractivity contribution in [3.8, 4) is 0 Å². The molecule has 0 aromatic carbocycles. The fourth-order valence-corrected chi connectivity index (χ4v) is 1.76. The molecule has 102 valence electrons. The molecule has 0 heterocycles. The SMILES string of the molecule is CCCCCCCCC(CC(=O)O)C(F)(F)F. The number of hydrogen-bond donors (Lipinski definition) is 1. The molecular formula is C12H21F3O2. The molecule has 5 heteroatoms. The zero-order valence-electron chi connectivity index (χ0n) is 10.2. The molecule has 0 fully saturated rings. The van der Waals surface area contributed by atoms with Crippen molar-refractivity contribution in [3.63, 3.8) is 0 Å².